The van der Waals surface area contributed by atoms with Gasteiger partial charge in [0.1, 0.15) is 4.88 Å². The smallest absolute Gasteiger partial charge is 0.350 e. The highest BCUT2D eigenvalue weighted by Crippen LogP contribution is 2.32. The maximum absolute atomic E-state index is 13.2. The number of amides is 1. The van der Waals surface area contributed by atoms with Crippen LogP contribution in [0.25, 0.3) is 22.2 Å². The van der Waals surface area contributed by atoms with Gasteiger partial charge in [0, 0.05) is 16.0 Å². The van der Waals surface area contributed by atoms with Crippen molar-refractivity contribution in [3.63, 3.8) is 0 Å². The molecule has 0 aliphatic rings. The molecule has 0 saturated carbocycles. The van der Waals surface area contributed by atoms with Crippen LogP contribution in [0, 0.1) is 0 Å². The van der Waals surface area contributed by atoms with Gasteiger partial charge in [-0.1, -0.05) is 41.4 Å². The number of thiophene rings is 1. The molecule has 5 nitrogen and oxygen atoms in total. The molecule has 0 aliphatic heterocycles. The lowest BCUT2D eigenvalue weighted by atomic mass is 10.0. The van der Waals surface area contributed by atoms with E-state index in [4.69, 9.17) is 27.9 Å². The summed E-state index contributed by atoms with van der Waals surface area (Å²) >= 11 is 13.6. The number of carbonyl (C=O) groups excluding carboxylic acids is 2. The van der Waals surface area contributed by atoms with E-state index in [9.17, 15) is 9.59 Å². The van der Waals surface area contributed by atoms with Crippen LogP contribution in [-0.2, 0) is 4.74 Å². The number of ether oxygens (including phenoxy) is 1. The van der Waals surface area contributed by atoms with E-state index >= 15 is 0 Å². The molecule has 4 rings (SSSR count). The molecule has 0 atom stereocenters. The Kier molecular flexibility index (Phi) is 5.72. The number of nitrogens with zero attached hydrogens (tertiary/aromatic N) is 1. The van der Waals surface area contributed by atoms with Gasteiger partial charge in [0.05, 0.1) is 34.6 Å². The fourth-order valence-electron chi connectivity index (χ4n) is 3.05. The lowest BCUT2D eigenvalue weighted by Crippen LogP contribution is -2.15. The lowest BCUT2D eigenvalue weighted by Gasteiger charge is -2.12. The Morgan fingerprint density at radius 3 is 2.63 bits per heavy atom. The maximum atomic E-state index is 13.2. The van der Waals surface area contributed by atoms with Crippen LogP contribution in [0.3, 0.4) is 0 Å². The van der Waals surface area contributed by atoms with Crippen LogP contribution in [0.2, 0.25) is 10.0 Å². The summed E-state index contributed by atoms with van der Waals surface area (Å²) in [5.74, 6) is -0.878. The summed E-state index contributed by atoms with van der Waals surface area (Å²) in [6, 6.07) is 15.8. The SMILES string of the molecule is COC(=O)c1sccc1NC(=O)c1cc(-c2ccc(Cl)cc2Cl)nc2ccccc12. The topological polar surface area (TPSA) is 68.3 Å². The van der Waals surface area contributed by atoms with Gasteiger partial charge in [-0.3, -0.25) is 4.79 Å². The first-order chi connectivity index (χ1) is 14.5. The number of anilines is 1. The molecule has 150 valence electrons. The monoisotopic (exact) mass is 456 g/mol. The molecule has 0 fully saturated rings. The van der Waals surface area contributed by atoms with Crippen molar-refractivity contribution >= 4 is 63.0 Å². The van der Waals surface area contributed by atoms with Gasteiger partial charge < -0.3 is 10.1 Å². The average Bonchev–Trinajstić information content (AvgIpc) is 3.20. The number of hydrogen-bond acceptors (Lipinski definition) is 5. The van der Waals surface area contributed by atoms with Crippen molar-refractivity contribution in [1.82, 2.24) is 4.98 Å². The fraction of sp³-hybridized carbons (Fsp3) is 0.0455. The molecule has 0 aliphatic carbocycles. The first-order valence-electron chi connectivity index (χ1n) is 8.80. The highest BCUT2D eigenvalue weighted by atomic mass is 35.5. The molecule has 1 amide bonds. The number of pyridine rings is 1. The molecule has 8 heteroatoms. The number of carbonyl (C=O) groups is 2. The summed E-state index contributed by atoms with van der Waals surface area (Å²) < 4.78 is 4.78. The van der Waals surface area contributed by atoms with Crippen LogP contribution >= 0.6 is 34.5 Å². The molecule has 2 aromatic carbocycles. The summed E-state index contributed by atoms with van der Waals surface area (Å²) in [5.41, 5.74) is 2.64. The maximum Gasteiger partial charge on any atom is 0.350 e. The van der Waals surface area contributed by atoms with Crippen LogP contribution in [0.1, 0.15) is 20.0 Å². The molecule has 0 radical (unpaired) electrons. The number of hydrogen-bond donors (Lipinski definition) is 1. The summed E-state index contributed by atoms with van der Waals surface area (Å²) in [4.78, 5) is 30.1. The number of nitrogens with one attached hydrogen (secondary N) is 1. The quantitative estimate of drug-likeness (QED) is 0.365. The molecule has 0 spiro atoms. The van der Waals surface area contributed by atoms with Crippen molar-refractivity contribution in [2.45, 2.75) is 0 Å². The number of esters is 1. The summed E-state index contributed by atoms with van der Waals surface area (Å²) in [5, 5.41) is 6.14. The number of para-hydroxylation sites is 1. The van der Waals surface area contributed by atoms with Gasteiger partial charge >= 0.3 is 5.97 Å². The second-order valence-electron chi connectivity index (χ2n) is 6.31. The van der Waals surface area contributed by atoms with Gasteiger partial charge in [-0.15, -0.1) is 11.3 Å². The van der Waals surface area contributed by atoms with Crippen molar-refractivity contribution in [2.24, 2.45) is 0 Å². The Hall–Kier alpha value is -2.93. The fourth-order valence-corrected chi connectivity index (χ4v) is 4.32. The molecular formula is C22H14Cl2N2O3S. The van der Waals surface area contributed by atoms with Crippen LogP contribution in [0.15, 0.2) is 60.0 Å². The van der Waals surface area contributed by atoms with E-state index in [1.807, 2.05) is 24.3 Å². The minimum atomic E-state index is -0.506. The molecule has 2 heterocycles. The summed E-state index contributed by atoms with van der Waals surface area (Å²) in [6.45, 7) is 0. The van der Waals surface area contributed by atoms with Crippen molar-refractivity contribution in [3.05, 3.63) is 80.5 Å². The van der Waals surface area contributed by atoms with E-state index in [1.54, 1.807) is 35.7 Å². The van der Waals surface area contributed by atoms with E-state index in [0.717, 1.165) is 0 Å². The predicted molar refractivity (Wildman–Crippen MR) is 121 cm³/mol. The first-order valence-corrected chi connectivity index (χ1v) is 10.4. The number of fused-ring (bicyclic) bond motifs is 1. The standard InChI is InChI=1S/C22H14Cl2N2O3S/c1-29-22(28)20-18(8-9-30-20)26-21(27)15-11-19(14-7-6-12(23)10-16(14)24)25-17-5-3-2-4-13(15)17/h2-11H,1H3,(H,26,27). The van der Waals surface area contributed by atoms with Gasteiger partial charge in [0.25, 0.3) is 5.91 Å². The minimum Gasteiger partial charge on any atom is -0.465 e. The van der Waals surface area contributed by atoms with Crippen LogP contribution in [-0.4, -0.2) is 24.0 Å². The lowest BCUT2D eigenvalue weighted by molar-refractivity contribution is 0.0607. The number of aromatic nitrogens is 1. The van der Waals surface area contributed by atoms with Crippen molar-refractivity contribution in [2.75, 3.05) is 12.4 Å². The number of methoxy groups -OCH3 is 1. The van der Waals surface area contributed by atoms with Crippen LogP contribution in [0.5, 0.6) is 0 Å². The number of halogens is 2. The zero-order valence-corrected chi connectivity index (χ0v) is 17.9. The largest absolute Gasteiger partial charge is 0.465 e. The van der Waals surface area contributed by atoms with Crippen LogP contribution < -0.4 is 5.32 Å². The molecule has 2 aromatic heterocycles. The van der Waals surface area contributed by atoms with Gasteiger partial charge in [-0.25, -0.2) is 9.78 Å². The zero-order valence-electron chi connectivity index (χ0n) is 15.6. The Morgan fingerprint density at radius 1 is 1.07 bits per heavy atom. The van der Waals surface area contributed by atoms with E-state index in [1.165, 1.54) is 18.4 Å². The third kappa shape index (κ3) is 3.89. The number of benzene rings is 2. The van der Waals surface area contributed by atoms with Crippen molar-refractivity contribution in [1.29, 1.82) is 0 Å². The highest BCUT2D eigenvalue weighted by molar-refractivity contribution is 7.12. The van der Waals surface area contributed by atoms with Gasteiger partial charge in [0.15, 0.2) is 0 Å². The molecule has 30 heavy (non-hydrogen) atoms. The minimum absolute atomic E-state index is 0.324. The molecule has 1 N–H and O–H groups in total. The van der Waals surface area contributed by atoms with E-state index < -0.39 is 5.97 Å². The molecule has 4 aromatic rings. The van der Waals surface area contributed by atoms with Gasteiger partial charge in [0.2, 0.25) is 0 Å². The highest BCUT2D eigenvalue weighted by Gasteiger charge is 2.19. The van der Waals surface area contributed by atoms with Crippen molar-refractivity contribution in [3.8, 4) is 11.3 Å². The molecule has 0 bridgehead atoms. The second kappa shape index (κ2) is 8.44. The Balaban J connectivity index is 1.81. The Morgan fingerprint density at radius 2 is 1.87 bits per heavy atom. The van der Waals surface area contributed by atoms with E-state index in [-0.39, 0.29) is 5.91 Å². The van der Waals surface area contributed by atoms with Crippen molar-refractivity contribution < 1.29 is 14.3 Å². The van der Waals surface area contributed by atoms with Gasteiger partial charge in [-0.05, 0) is 41.8 Å². The van der Waals surface area contributed by atoms with E-state index in [0.29, 0.717) is 48.3 Å². The Bertz CT molecular complexity index is 1290. The third-order valence-electron chi connectivity index (χ3n) is 4.45. The van der Waals surface area contributed by atoms with E-state index in [2.05, 4.69) is 10.3 Å². The summed E-state index contributed by atoms with van der Waals surface area (Å²) in [7, 11) is 1.30. The molecular weight excluding hydrogens is 443 g/mol. The normalized spacial score (nSPS) is 10.8. The third-order valence-corrected chi connectivity index (χ3v) is 5.89. The second-order valence-corrected chi connectivity index (χ2v) is 8.07. The average molecular weight is 457 g/mol. The Labute approximate surface area is 186 Å². The molecule has 0 saturated heterocycles. The first kappa shape index (κ1) is 20.3. The van der Waals surface area contributed by atoms with Gasteiger partial charge in [-0.2, -0.15) is 0 Å². The predicted octanol–water partition coefficient (Wildman–Crippen LogP) is 6.31. The summed E-state index contributed by atoms with van der Waals surface area (Å²) in [6.07, 6.45) is 0. The van der Waals surface area contributed by atoms with Crippen LogP contribution in [0.4, 0.5) is 5.69 Å². The zero-order chi connectivity index (χ0) is 21.3. The number of rotatable bonds is 4. The molecule has 0 unspecified atom stereocenters.